The first-order valence-electron chi connectivity index (χ1n) is 11.5. The lowest BCUT2D eigenvalue weighted by Crippen LogP contribution is -2.42. The second kappa shape index (κ2) is 12.8. The second-order valence-electron chi connectivity index (χ2n) is 8.32. The molecule has 1 aliphatic rings. The summed E-state index contributed by atoms with van der Waals surface area (Å²) in [7, 11) is 3.51. The van der Waals surface area contributed by atoms with Crippen molar-refractivity contribution in [2.75, 3.05) is 33.8 Å². The van der Waals surface area contributed by atoms with E-state index in [-0.39, 0.29) is 30.0 Å². The van der Waals surface area contributed by atoms with Crippen LogP contribution in [-0.2, 0) is 6.54 Å². The molecule has 3 aromatic rings. The molecular weight excluding hydrogens is 541 g/mol. The fourth-order valence-corrected chi connectivity index (χ4v) is 4.24. The number of rotatable bonds is 8. The van der Waals surface area contributed by atoms with Crippen LogP contribution < -0.4 is 15.4 Å². The van der Waals surface area contributed by atoms with Crippen molar-refractivity contribution in [3.63, 3.8) is 0 Å². The lowest BCUT2D eigenvalue weighted by Gasteiger charge is -2.30. The summed E-state index contributed by atoms with van der Waals surface area (Å²) in [6.45, 7) is 5.51. The summed E-state index contributed by atoms with van der Waals surface area (Å²) in [6, 6.07) is 16.6. The van der Waals surface area contributed by atoms with E-state index in [4.69, 9.17) is 9.15 Å². The van der Waals surface area contributed by atoms with Crippen LogP contribution in [0.3, 0.4) is 0 Å². The molecule has 182 valence electrons. The number of methoxy groups -OCH3 is 1. The Morgan fingerprint density at radius 2 is 1.85 bits per heavy atom. The Labute approximate surface area is 219 Å². The molecular formula is C26H34IN5O2. The molecule has 34 heavy (non-hydrogen) atoms. The van der Waals surface area contributed by atoms with Crippen LogP contribution in [-0.4, -0.2) is 49.6 Å². The summed E-state index contributed by atoms with van der Waals surface area (Å²) in [4.78, 5) is 11.5. The predicted molar refractivity (Wildman–Crippen MR) is 147 cm³/mol. The predicted octanol–water partition coefficient (Wildman–Crippen LogP) is 4.78. The standard InChI is InChI=1S/C26H33N5O2.HI/c1-19-10-12-20(13-11-19)25-30-21(18-33-25)16-28-26(27-2)29-17-23(31-14-6-7-15-31)22-8-4-5-9-24(22)32-3;/h4-5,8-13,18,23H,6-7,14-17H2,1-3H3,(H2,27,28,29);1H. The van der Waals surface area contributed by atoms with Gasteiger partial charge in [0.25, 0.3) is 0 Å². The number of guanidine groups is 1. The van der Waals surface area contributed by atoms with Crippen molar-refractivity contribution >= 4 is 29.9 Å². The topological polar surface area (TPSA) is 74.9 Å². The molecule has 1 fully saturated rings. The van der Waals surface area contributed by atoms with Gasteiger partial charge in [-0.2, -0.15) is 0 Å². The Kier molecular flexibility index (Phi) is 9.76. The molecule has 1 aliphatic heterocycles. The minimum Gasteiger partial charge on any atom is -0.496 e. The van der Waals surface area contributed by atoms with Crippen molar-refractivity contribution in [1.82, 2.24) is 20.5 Å². The monoisotopic (exact) mass is 575 g/mol. The number of aliphatic imine (C=N–C) groups is 1. The normalized spacial score (nSPS) is 15.0. The molecule has 0 radical (unpaired) electrons. The van der Waals surface area contributed by atoms with E-state index in [1.807, 2.05) is 24.3 Å². The van der Waals surface area contributed by atoms with Crippen LogP contribution in [0.2, 0.25) is 0 Å². The maximum absolute atomic E-state index is 5.67. The van der Waals surface area contributed by atoms with E-state index in [0.717, 1.165) is 42.6 Å². The molecule has 1 unspecified atom stereocenters. The summed E-state index contributed by atoms with van der Waals surface area (Å²) in [5, 5.41) is 6.85. The van der Waals surface area contributed by atoms with E-state index in [1.54, 1.807) is 20.4 Å². The van der Waals surface area contributed by atoms with Gasteiger partial charge in [-0.05, 0) is 51.1 Å². The first kappa shape index (κ1) is 26.0. The van der Waals surface area contributed by atoms with E-state index >= 15 is 0 Å². The fourth-order valence-electron chi connectivity index (χ4n) is 4.24. The van der Waals surface area contributed by atoms with Crippen LogP contribution in [0.1, 0.15) is 35.7 Å². The number of nitrogens with one attached hydrogen (secondary N) is 2. The number of oxazole rings is 1. The smallest absolute Gasteiger partial charge is 0.226 e. The minimum absolute atomic E-state index is 0. The SMILES string of the molecule is CN=C(NCc1coc(-c2ccc(C)cc2)n1)NCC(c1ccccc1OC)N1CCCC1.I. The van der Waals surface area contributed by atoms with Gasteiger partial charge < -0.3 is 19.8 Å². The number of nitrogens with zero attached hydrogens (tertiary/aromatic N) is 3. The molecule has 0 spiro atoms. The number of para-hydroxylation sites is 1. The molecule has 2 aromatic carbocycles. The summed E-state index contributed by atoms with van der Waals surface area (Å²) in [6.07, 6.45) is 4.15. The van der Waals surface area contributed by atoms with E-state index in [9.17, 15) is 0 Å². The Hall–Kier alpha value is -2.59. The maximum Gasteiger partial charge on any atom is 0.226 e. The zero-order chi connectivity index (χ0) is 23.0. The van der Waals surface area contributed by atoms with Gasteiger partial charge in [-0.3, -0.25) is 9.89 Å². The number of benzene rings is 2. The van der Waals surface area contributed by atoms with E-state index in [1.165, 1.54) is 24.0 Å². The van der Waals surface area contributed by atoms with Gasteiger partial charge in [0.2, 0.25) is 5.89 Å². The second-order valence-corrected chi connectivity index (χ2v) is 8.32. The van der Waals surface area contributed by atoms with Gasteiger partial charge in [-0.15, -0.1) is 24.0 Å². The van der Waals surface area contributed by atoms with Crippen molar-refractivity contribution in [3.8, 4) is 17.2 Å². The lowest BCUT2D eigenvalue weighted by molar-refractivity contribution is 0.239. The van der Waals surface area contributed by atoms with Crippen LogP contribution in [0.5, 0.6) is 5.75 Å². The number of hydrogen-bond acceptors (Lipinski definition) is 5. The molecule has 1 aromatic heterocycles. The number of hydrogen-bond donors (Lipinski definition) is 2. The summed E-state index contributed by atoms with van der Waals surface area (Å²) in [5.41, 5.74) is 4.21. The highest BCUT2D eigenvalue weighted by atomic mass is 127. The Bertz CT molecular complexity index is 1060. The third-order valence-electron chi connectivity index (χ3n) is 6.05. The Balaban J connectivity index is 0.00000324. The number of aryl methyl sites for hydroxylation is 1. The lowest BCUT2D eigenvalue weighted by atomic mass is 10.0. The molecule has 7 nitrogen and oxygen atoms in total. The van der Waals surface area contributed by atoms with Crippen molar-refractivity contribution in [1.29, 1.82) is 0 Å². The molecule has 4 rings (SSSR count). The number of ether oxygens (including phenoxy) is 1. The van der Waals surface area contributed by atoms with Gasteiger partial charge in [0.05, 0.1) is 25.4 Å². The Morgan fingerprint density at radius 3 is 2.56 bits per heavy atom. The average Bonchev–Trinajstić information content (AvgIpc) is 3.55. The zero-order valence-corrected chi connectivity index (χ0v) is 22.4. The van der Waals surface area contributed by atoms with Gasteiger partial charge >= 0.3 is 0 Å². The fraction of sp³-hybridized carbons (Fsp3) is 0.385. The first-order chi connectivity index (χ1) is 16.2. The van der Waals surface area contributed by atoms with Crippen molar-refractivity contribution in [2.24, 2.45) is 4.99 Å². The number of likely N-dealkylation sites (tertiary alicyclic amines) is 1. The molecule has 2 heterocycles. The third-order valence-corrected chi connectivity index (χ3v) is 6.05. The average molecular weight is 575 g/mol. The van der Waals surface area contributed by atoms with Gasteiger partial charge in [0.15, 0.2) is 5.96 Å². The van der Waals surface area contributed by atoms with Gasteiger partial charge in [0, 0.05) is 24.7 Å². The molecule has 1 atom stereocenters. The molecule has 0 amide bonds. The molecule has 0 bridgehead atoms. The van der Waals surface area contributed by atoms with Gasteiger partial charge in [-0.1, -0.05) is 35.9 Å². The van der Waals surface area contributed by atoms with Gasteiger partial charge in [-0.25, -0.2) is 4.98 Å². The third kappa shape index (κ3) is 6.50. The summed E-state index contributed by atoms with van der Waals surface area (Å²) < 4.78 is 11.3. The van der Waals surface area contributed by atoms with Crippen LogP contribution in [0.4, 0.5) is 0 Å². The van der Waals surface area contributed by atoms with E-state index < -0.39 is 0 Å². The largest absolute Gasteiger partial charge is 0.496 e. The molecule has 2 N–H and O–H groups in total. The van der Waals surface area contributed by atoms with Crippen LogP contribution in [0.25, 0.3) is 11.5 Å². The van der Waals surface area contributed by atoms with Gasteiger partial charge in [0.1, 0.15) is 12.0 Å². The molecule has 8 heteroatoms. The van der Waals surface area contributed by atoms with Crippen LogP contribution in [0.15, 0.2) is 64.2 Å². The summed E-state index contributed by atoms with van der Waals surface area (Å²) >= 11 is 0. The van der Waals surface area contributed by atoms with E-state index in [2.05, 4.69) is 56.7 Å². The molecule has 1 saturated heterocycles. The van der Waals surface area contributed by atoms with Crippen LogP contribution in [0, 0.1) is 6.92 Å². The highest BCUT2D eigenvalue weighted by Gasteiger charge is 2.26. The summed E-state index contributed by atoms with van der Waals surface area (Å²) in [5.74, 6) is 2.28. The first-order valence-corrected chi connectivity index (χ1v) is 11.5. The van der Waals surface area contributed by atoms with Crippen molar-refractivity contribution < 1.29 is 9.15 Å². The molecule has 0 aliphatic carbocycles. The van der Waals surface area contributed by atoms with Crippen molar-refractivity contribution in [2.45, 2.75) is 32.4 Å². The van der Waals surface area contributed by atoms with E-state index in [0.29, 0.717) is 12.4 Å². The zero-order valence-electron chi connectivity index (χ0n) is 20.1. The van der Waals surface area contributed by atoms with Crippen LogP contribution >= 0.6 is 24.0 Å². The highest BCUT2D eigenvalue weighted by Crippen LogP contribution is 2.31. The van der Waals surface area contributed by atoms with Crippen molar-refractivity contribution in [3.05, 3.63) is 71.6 Å². The Morgan fingerprint density at radius 1 is 1.12 bits per heavy atom. The maximum atomic E-state index is 5.67. The highest BCUT2D eigenvalue weighted by molar-refractivity contribution is 14.0. The number of halogens is 1. The molecule has 0 saturated carbocycles. The minimum atomic E-state index is 0. The quantitative estimate of drug-likeness (QED) is 0.229. The number of aromatic nitrogens is 1.